The van der Waals surface area contributed by atoms with Crippen LogP contribution >= 0.6 is 23.8 Å². The minimum atomic E-state index is 0.402. The second-order valence-corrected chi connectivity index (χ2v) is 5.68. The van der Waals surface area contributed by atoms with Gasteiger partial charge in [0.15, 0.2) is 0 Å². The molecule has 18 heavy (non-hydrogen) atoms. The Morgan fingerprint density at radius 2 is 2.17 bits per heavy atom. The highest BCUT2D eigenvalue weighted by Gasteiger charge is 2.22. The summed E-state index contributed by atoms with van der Waals surface area (Å²) in [5.41, 5.74) is 7.75. The highest BCUT2D eigenvalue weighted by Crippen LogP contribution is 2.26. The van der Waals surface area contributed by atoms with Gasteiger partial charge >= 0.3 is 0 Å². The topological polar surface area (TPSA) is 32.5 Å². The molecule has 1 aliphatic heterocycles. The maximum atomic E-state index is 6.01. The normalized spacial score (nSPS) is 21.1. The standard InChI is InChI=1S/C13H18ClN3S/c1-9-8-17(6-5-16(9)2)12-4-3-10(14)7-11(12)13(15)18/h3-4,7,9H,5-6,8H2,1-2H3,(H2,15,18). The SMILES string of the molecule is CC1CN(c2ccc(Cl)cc2C(N)=S)CCN1C. The van der Waals surface area contributed by atoms with E-state index in [1.165, 1.54) is 0 Å². The van der Waals surface area contributed by atoms with Crippen LogP contribution in [0.5, 0.6) is 0 Å². The summed E-state index contributed by atoms with van der Waals surface area (Å²) >= 11 is 11.1. The summed E-state index contributed by atoms with van der Waals surface area (Å²) in [6.45, 7) is 5.23. The van der Waals surface area contributed by atoms with Crippen LogP contribution in [0.1, 0.15) is 12.5 Å². The van der Waals surface area contributed by atoms with E-state index in [1.54, 1.807) is 0 Å². The fourth-order valence-electron chi connectivity index (χ4n) is 2.25. The number of nitrogens with zero attached hydrogens (tertiary/aromatic N) is 2. The molecule has 98 valence electrons. The largest absolute Gasteiger partial charge is 0.389 e. The van der Waals surface area contributed by atoms with E-state index in [0.29, 0.717) is 16.1 Å². The maximum Gasteiger partial charge on any atom is 0.106 e. The molecular formula is C13H18ClN3S. The van der Waals surface area contributed by atoms with Crippen molar-refractivity contribution < 1.29 is 0 Å². The first kappa shape index (κ1) is 13.6. The van der Waals surface area contributed by atoms with Crippen molar-refractivity contribution in [3.8, 4) is 0 Å². The number of hydrogen-bond donors (Lipinski definition) is 1. The molecule has 2 N–H and O–H groups in total. The molecule has 0 spiro atoms. The second-order valence-electron chi connectivity index (χ2n) is 4.80. The van der Waals surface area contributed by atoms with E-state index in [4.69, 9.17) is 29.6 Å². The molecule has 0 bridgehead atoms. The lowest BCUT2D eigenvalue weighted by Crippen LogP contribution is -2.50. The molecule has 1 aromatic rings. The van der Waals surface area contributed by atoms with Gasteiger partial charge in [-0.1, -0.05) is 23.8 Å². The van der Waals surface area contributed by atoms with E-state index in [2.05, 4.69) is 23.8 Å². The Bertz CT molecular complexity index is 464. The van der Waals surface area contributed by atoms with Crippen molar-refractivity contribution in [1.82, 2.24) is 4.90 Å². The molecule has 1 fully saturated rings. The molecule has 2 rings (SSSR count). The van der Waals surface area contributed by atoms with Gasteiger partial charge in [-0.05, 0) is 32.2 Å². The molecule has 0 aliphatic carbocycles. The van der Waals surface area contributed by atoms with E-state index >= 15 is 0 Å². The molecule has 1 atom stereocenters. The fraction of sp³-hybridized carbons (Fsp3) is 0.462. The van der Waals surface area contributed by atoms with Crippen molar-refractivity contribution in [2.24, 2.45) is 5.73 Å². The van der Waals surface area contributed by atoms with Crippen LogP contribution in [0.2, 0.25) is 5.02 Å². The summed E-state index contributed by atoms with van der Waals surface area (Å²) in [6.07, 6.45) is 0. The number of halogens is 1. The number of rotatable bonds is 2. The van der Waals surface area contributed by atoms with E-state index in [0.717, 1.165) is 30.9 Å². The smallest absolute Gasteiger partial charge is 0.106 e. The maximum absolute atomic E-state index is 6.01. The number of piperazine rings is 1. The molecule has 1 aromatic carbocycles. The number of nitrogens with two attached hydrogens (primary N) is 1. The van der Waals surface area contributed by atoms with Gasteiger partial charge in [-0.25, -0.2) is 0 Å². The van der Waals surface area contributed by atoms with Gasteiger partial charge < -0.3 is 15.5 Å². The van der Waals surface area contributed by atoms with Gasteiger partial charge in [0.1, 0.15) is 4.99 Å². The first-order chi connectivity index (χ1) is 8.49. The van der Waals surface area contributed by atoms with Crippen LogP contribution in [0.4, 0.5) is 5.69 Å². The van der Waals surface area contributed by atoms with Crippen molar-refractivity contribution in [1.29, 1.82) is 0 Å². The number of likely N-dealkylation sites (N-methyl/N-ethyl adjacent to an activating group) is 1. The van der Waals surface area contributed by atoms with Crippen molar-refractivity contribution in [2.75, 3.05) is 31.6 Å². The zero-order valence-corrected chi connectivity index (χ0v) is 12.3. The van der Waals surface area contributed by atoms with Crippen LogP contribution in [-0.4, -0.2) is 42.6 Å². The molecule has 3 nitrogen and oxygen atoms in total. The Hall–Kier alpha value is -0.840. The number of anilines is 1. The molecule has 0 saturated carbocycles. The predicted molar refractivity (Wildman–Crippen MR) is 81.6 cm³/mol. The molecule has 1 saturated heterocycles. The zero-order valence-electron chi connectivity index (χ0n) is 10.7. The molecule has 0 aromatic heterocycles. The van der Waals surface area contributed by atoms with Gasteiger partial charge in [0.25, 0.3) is 0 Å². The predicted octanol–water partition coefficient (Wildman–Crippen LogP) is 2.11. The van der Waals surface area contributed by atoms with Crippen LogP contribution in [0, 0.1) is 0 Å². The number of thiocarbonyl (C=S) groups is 1. The lowest BCUT2D eigenvalue weighted by molar-refractivity contribution is 0.234. The van der Waals surface area contributed by atoms with Crippen LogP contribution < -0.4 is 10.6 Å². The van der Waals surface area contributed by atoms with Crippen LogP contribution in [-0.2, 0) is 0 Å². The summed E-state index contributed by atoms with van der Waals surface area (Å²) in [6, 6.07) is 6.27. The molecule has 0 radical (unpaired) electrons. The zero-order chi connectivity index (χ0) is 13.3. The van der Waals surface area contributed by atoms with E-state index in [-0.39, 0.29) is 0 Å². The van der Waals surface area contributed by atoms with Gasteiger partial charge in [0.05, 0.1) is 0 Å². The van der Waals surface area contributed by atoms with Crippen molar-refractivity contribution in [3.63, 3.8) is 0 Å². The van der Waals surface area contributed by atoms with Crippen molar-refractivity contribution >= 4 is 34.5 Å². The van der Waals surface area contributed by atoms with E-state index in [1.807, 2.05) is 18.2 Å². The van der Waals surface area contributed by atoms with Crippen LogP contribution in [0.3, 0.4) is 0 Å². The summed E-state index contributed by atoms with van der Waals surface area (Å²) in [7, 11) is 2.15. The third kappa shape index (κ3) is 2.76. The molecule has 1 unspecified atom stereocenters. The van der Waals surface area contributed by atoms with Crippen LogP contribution in [0.15, 0.2) is 18.2 Å². The molecular weight excluding hydrogens is 266 g/mol. The highest BCUT2D eigenvalue weighted by atomic mass is 35.5. The Balaban J connectivity index is 2.30. The molecule has 5 heteroatoms. The highest BCUT2D eigenvalue weighted by molar-refractivity contribution is 7.80. The van der Waals surface area contributed by atoms with E-state index < -0.39 is 0 Å². The fourth-order valence-corrected chi connectivity index (χ4v) is 2.58. The van der Waals surface area contributed by atoms with Gasteiger partial charge in [0.2, 0.25) is 0 Å². The first-order valence-electron chi connectivity index (χ1n) is 6.03. The van der Waals surface area contributed by atoms with Gasteiger partial charge in [-0.3, -0.25) is 0 Å². The Morgan fingerprint density at radius 3 is 2.78 bits per heavy atom. The lowest BCUT2D eigenvalue weighted by Gasteiger charge is -2.39. The summed E-state index contributed by atoms with van der Waals surface area (Å²) in [5, 5.41) is 0.670. The van der Waals surface area contributed by atoms with Crippen molar-refractivity contribution in [2.45, 2.75) is 13.0 Å². The summed E-state index contributed by atoms with van der Waals surface area (Å²) in [5.74, 6) is 0. The third-order valence-electron chi connectivity index (χ3n) is 3.52. The lowest BCUT2D eigenvalue weighted by atomic mass is 10.1. The second kappa shape index (κ2) is 5.43. The Labute approximate surface area is 119 Å². The molecule has 0 amide bonds. The van der Waals surface area contributed by atoms with Crippen molar-refractivity contribution in [3.05, 3.63) is 28.8 Å². The minimum Gasteiger partial charge on any atom is -0.389 e. The Kier molecular flexibility index (Phi) is 4.10. The first-order valence-corrected chi connectivity index (χ1v) is 6.82. The average Bonchev–Trinajstić information content (AvgIpc) is 2.32. The van der Waals surface area contributed by atoms with Crippen LogP contribution in [0.25, 0.3) is 0 Å². The summed E-state index contributed by atoms with van der Waals surface area (Å²) in [4.78, 5) is 5.08. The van der Waals surface area contributed by atoms with E-state index in [9.17, 15) is 0 Å². The summed E-state index contributed by atoms with van der Waals surface area (Å²) < 4.78 is 0. The quantitative estimate of drug-likeness (QED) is 0.843. The minimum absolute atomic E-state index is 0.402. The Morgan fingerprint density at radius 1 is 1.44 bits per heavy atom. The monoisotopic (exact) mass is 283 g/mol. The molecule has 1 aliphatic rings. The van der Waals surface area contributed by atoms with Gasteiger partial charge in [-0.15, -0.1) is 0 Å². The number of hydrogen-bond acceptors (Lipinski definition) is 3. The number of benzene rings is 1. The third-order valence-corrected chi connectivity index (χ3v) is 3.98. The molecule has 1 heterocycles. The van der Waals surface area contributed by atoms with Gasteiger partial charge in [0, 0.05) is 41.9 Å². The van der Waals surface area contributed by atoms with Gasteiger partial charge in [-0.2, -0.15) is 0 Å². The average molecular weight is 284 g/mol.